The second kappa shape index (κ2) is 8.10. The topological polar surface area (TPSA) is 71.8 Å². The molecule has 128 valence electrons. The number of carbonyl (C=O) groups excluding carboxylic acids is 1. The van der Waals surface area contributed by atoms with Crippen LogP contribution in [0.2, 0.25) is 0 Å². The van der Waals surface area contributed by atoms with Gasteiger partial charge in [0.25, 0.3) is 0 Å². The van der Waals surface area contributed by atoms with Crippen molar-refractivity contribution in [3.8, 4) is 5.69 Å². The van der Waals surface area contributed by atoms with Gasteiger partial charge in [-0.05, 0) is 36.2 Å². The van der Waals surface area contributed by atoms with Gasteiger partial charge in [0.2, 0.25) is 0 Å². The number of nitrogens with zero attached hydrogens (tertiary/aromatic N) is 3. The molecule has 0 saturated heterocycles. The van der Waals surface area contributed by atoms with E-state index in [1.807, 2.05) is 55.6 Å². The number of carbonyl (C=O) groups is 1. The van der Waals surface area contributed by atoms with E-state index in [0.29, 0.717) is 6.54 Å². The van der Waals surface area contributed by atoms with E-state index in [4.69, 9.17) is 0 Å². The van der Waals surface area contributed by atoms with Crippen molar-refractivity contribution >= 4 is 6.03 Å². The first-order valence-electron chi connectivity index (χ1n) is 8.29. The molecule has 6 nitrogen and oxygen atoms in total. The molecule has 1 aromatic carbocycles. The number of para-hydroxylation sites is 1. The number of aromatic nitrogens is 3. The number of benzene rings is 1. The molecule has 0 fully saturated rings. The lowest BCUT2D eigenvalue weighted by Crippen LogP contribution is -2.37. The minimum Gasteiger partial charge on any atom is -0.334 e. The van der Waals surface area contributed by atoms with Crippen molar-refractivity contribution < 1.29 is 4.79 Å². The van der Waals surface area contributed by atoms with Gasteiger partial charge in [-0.2, -0.15) is 5.10 Å². The summed E-state index contributed by atoms with van der Waals surface area (Å²) in [5, 5.41) is 10.2. The van der Waals surface area contributed by atoms with Crippen LogP contribution in [0.25, 0.3) is 5.69 Å². The molecular weight excluding hydrogens is 314 g/mol. The zero-order chi connectivity index (χ0) is 17.5. The molecule has 0 radical (unpaired) electrons. The van der Waals surface area contributed by atoms with Gasteiger partial charge in [0.05, 0.1) is 17.9 Å². The molecule has 0 aliphatic heterocycles. The van der Waals surface area contributed by atoms with Crippen molar-refractivity contribution in [1.29, 1.82) is 0 Å². The van der Waals surface area contributed by atoms with Gasteiger partial charge in [0.1, 0.15) is 0 Å². The van der Waals surface area contributed by atoms with E-state index in [-0.39, 0.29) is 12.1 Å². The van der Waals surface area contributed by atoms with Crippen LogP contribution in [0.1, 0.15) is 30.5 Å². The Morgan fingerprint density at radius 3 is 2.64 bits per heavy atom. The molecule has 2 aromatic heterocycles. The van der Waals surface area contributed by atoms with E-state index >= 15 is 0 Å². The van der Waals surface area contributed by atoms with E-state index in [9.17, 15) is 4.79 Å². The molecular formula is C19H21N5O. The SMILES string of the molecule is CC[C@H](NC(=O)NCc1cnn(-c2ccccc2)c1)c1ccncc1. The molecule has 6 heteroatoms. The fourth-order valence-electron chi connectivity index (χ4n) is 2.58. The minimum absolute atomic E-state index is 0.0324. The van der Waals surface area contributed by atoms with Gasteiger partial charge in [0, 0.05) is 30.7 Å². The summed E-state index contributed by atoms with van der Waals surface area (Å²) in [6.07, 6.45) is 7.94. The molecule has 25 heavy (non-hydrogen) atoms. The Labute approximate surface area is 146 Å². The van der Waals surface area contributed by atoms with E-state index < -0.39 is 0 Å². The Bertz CT molecular complexity index is 801. The Morgan fingerprint density at radius 1 is 1.16 bits per heavy atom. The molecule has 2 amide bonds. The number of rotatable bonds is 6. The molecule has 1 atom stereocenters. The van der Waals surface area contributed by atoms with Crippen LogP contribution in [-0.2, 0) is 6.54 Å². The third-order valence-electron chi connectivity index (χ3n) is 3.93. The van der Waals surface area contributed by atoms with Crippen molar-refractivity contribution in [3.05, 3.63) is 78.4 Å². The molecule has 0 aliphatic rings. The van der Waals surface area contributed by atoms with Crippen LogP contribution in [-0.4, -0.2) is 20.8 Å². The lowest BCUT2D eigenvalue weighted by atomic mass is 10.1. The molecule has 0 spiro atoms. The average Bonchev–Trinajstić information content (AvgIpc) is 3.15. The summed E-state index contributed by atoms with van der Waals surface area (Å²) in [5.74, 6) is 0. The zero-order valence-corrected chi connectivity index (χ0v) is 14.1. The molecule has 0 saturated carbocycles. The fourth-order valence-corrected chi connectivity index (χ4v) is 2.58. The standard InChI is InChI=1S/C19H21N5O/c1-2-18(16-8-10-20-11-9-16)23-19(25)21-12-15-13-22-24(14-15)17-6-4-3-5-7-17/h3-11,13-14,18H,2,12H2,1H3,(H2,21,23,25)/t18-/m0/s1. The summed E-state index contributed by atoms with van der Waals surface area (Å²) in [6.45, 7) is 2.46. The number of hydrogen-bond donors (Lipinski definition) is 2. The van der Waals surface area contributed by atoms with Crippen LogP contribution >= 0.6 is 0 Å². The van der Waals surface area contributed by atoms with E-state index in [0.717, 1.165) is 23.2 Å². The second-order valence-electron chi connectivity index (χ2n) is 5.70. The van der Waals surface area contributed by atoms with Gasteiger partial charge in [-0.3, -0.25) is 4.98 Å². The Kier molecular flexibility index (Phi) is 5.41. The molecule has 0 aliphatic carbocycles. The first-order valence-corrected chi connectivity index (χ1v) is 8.29. The maximum Gasteiger partial charge on any atom is 0.315 e. The molecule has 0 bridgehead atoms. The number of pyridine rings is 1. The monoisotopic (exact) mass is 335 g/mol. The average molecular weight is 335 g/mol. The summed E-state index contributed by atoms with van der Waals surface area (Å²) < 4.78 is 1.79. The van der Waals surface area contributed by atoms with Crippen LogP contribution < -0.4 is 10.6 Å². The normalized spacial score (nSPS) is 11.7. The van der Waals surface area contributed by atoms with Gasteiger partial charge in [-0.25, -0.2) is 9.48 Å². The third kappa shape index (κ3) is 4.44. The van der Waals surface area contributed by atoms with Crippen LogP contribution in [0.15, 0.2) is 67.3 Å². The predicted octanol–water partition coefficient (Wildman–Crippen LogP) is 3.22. The largest absolute Gasteiger partial charge is 0.334 e. The van der Waals surface area contributed by atoms with E-state index in [1.54, 1.807) is 23.3 Å². The number of amides is 2. The lowest BCUT2D eigenvalue weighted by molar-refractivity contribution is 0.236. The molecule has 3 rings (SSSR count). The van der Waals surface area contributed by atoms with Crippen molar-refractivity contribution in [3.63, 3.8) is 0 Å². The van der Waals surface area contributed by atoms with Crippen LogP contribution in [0.5, 0.6) is 0 Å². The van der Waals surface area contributed by atoms with Crippen molar-refractivity contribution in [1.82, 2.24) is 25.4 Å². The van der Waals surface area contributed by atoms with Gasteiger partial charge >= 0.3 is 6.03 Å². The molecule has 2 N–H and O–H groups in total. The highest BCUT2D eigenvalue weighted by atomic mass is 16.2. The third-order valence-corrected chi connectivity index (χ3v) is 3.93. The van der Waals surface area contributed by atoms with Gasteiger partial charge < -0.3 is 10.6 Å². The Hall–Kier alpha value is -3.15. The summed E-state index contributed by atoms with van der Waals surface area (Å²) >= 11 is 0. The van der Waals surface area contributed by atoms with E-state index in [2.05, 4.69) is 20.7 Å². The smallest absolute Gasteiger partial charge is 0.315 e. The Morgan fingerprint density at radius 2 is 1.92 bits per heavy atom. The highest BCUT2D eigenvalue weighted by molar-refractivity contribution is 5.74. The van der Waals surface area contributed by atoms with Crippen LogP contribution in [0, 0.1) is 0 Å². The van der Waals surface area contributed by atoms with Crippen LogP contribution in [0.4, 0.5) is 4.79 Å². The van der Waals surface area contributed by atoms with Crippen molar-refractivity contribution in [2.75, 3.05) is 0 Å². The van der Waals surface area contributed by atoms with Crippen LogP contribution in [0.3, 0.4) is 0 Å². The highest BCUT2D eigenvalue weighted by Gasteiger charge is 2.12. The van der Waals surface area contributed by atoms with Crippen molar-refractivity contribution in [2.45, 2.75) is 25.9 Å². The summed E-state index contributed by atoms with van der Waals surface area (Å²) in [7, 11) is 0. The molecule has 0 unspecified atom stereocenters. The zero-order valence-electron chi connectivity index (χ0n) is 14.1. The minimum atomic E-state index is -0.198. The fraction of sp³-hybridized carbons (Fsp3) is 0.211. The number of urea groups is 1. The molecule has 2 heterocycles. The number of hydrogen-bond acceptors (Lipinski definition) is 3. The van der Waals surface area contributed by atoms with Crippen molar-refractivity contribution in [2.24, 2.45) is 0 Å². The second-order valence-corrected chi connectivity index (χ2v) is 5.70. The first kappa shape index (κ1) is 16.7. The maximum atomic E-state index is 12.2. The summed E-state index contributed by atoms with van der Waals surface area (Å²) in [6, 6.07) is 13.5. The first-order chi connectivity index (χ1) is 12.3. The van der Waals surface area contributed by atoms with Gasteiger partial charge in [-0.15, -0.1) is 0 Å². The predicted molar refractivity (Wildman–Crippen MR) is 96.2 cm³/mol. The highest BCUT2D eigenvalue weighted by Crippen LogP contribution is 2.15. The number of nitrogens with one attached hydrogen (secondary N) is 2. The lowest BCUT2D eigenvalue weighted by Gasteiger charge is -2.17. The van der Waals surface area contributed by atoms with Gasteiger partial charge in [-0.1, -0.05) is 25.1 Å². The Balaban J connectivity index is 1.55. The maximum absolute atomic E-state index is 12.2. The quantitative estimate of drug-likeness (QED) is 0.726. The summed E-state index contributed by atoms with van der Waals surface area (Å²) in [4.78, 5) is 16.2. The molecule has 3 aromatic rings. The van der Waals surface area contributed by atoms with Gasteiger partial charge in [0.15, 0.2) is 0 Å². The summed E-state index contributed by atoms with van der Waals surface area (Å²) in [5.41, 5.74) is 2.97. The van der Waals surface area contributed by atoms with E-state index in [1.165, 1.54) is 0 Å².